The van der Waals surface area contributed by atoms with Crippen LogP contribution in [0.3, 0.4) is 0 Å². The van der Waals surface area contributed by atoms with Gasteiger partial charge in [0.25, 0.3) is 0 Å². The summed E-state index contributed by atoms with van der Waals surface area (Å²) >= 11 is 5.94. The lowest BCUT2D eigenvalue weighted by Gasteiger charge is -2.16. The van der Waals surface area contributed by atoms with Gasteiger partial charge in [-0.25, -0.2) is 4.39 Å². The van der Waals surface area contributed by atoms with Gasteiger partial charge in [-0.2, -0.15) is 0 Å². The lowest BCUT2D eigenvalue weighted by Crippen LogP contribution is -2.28. The van der Waals surface area contributed by atoms with Gasteiger partial charge in [-0.3, -0.25) is 0 Å². The molecule has 0 amide bonds. The second-order valence-corrected chi connectivity index (χ2v) is 4.14. The van der Waals surface area contributed by atoms with E-state index in [0.29, 0.717) is 18.0 Å². The lowest BCUT2D eigenvalue weighted by atomic mass is 10.1. The predicted molar refractivity (Wildman–Crippen MR) is 64.0 cm³/mol. The Morgan fingerprint density at radius 2 is 2.25 bits per heavy atom. The Labute approximate surface area is 100 Å². The van der Waals surface area contributed by atoms with Crippen LogP contribution in [0.1, 0.15) is 25.3 Å². The van der Waals surface area contributed by atoms with Crippen molar-refractivity contribution in [1.29, 1.82) is 0 Å². The van der Waals surface area contributed by atoms with Gasteiger partial charge in [0, 0.05) is 24.2 Å². The Morgan fingerprint density at radius 3 is 2.88 bits per heavy atom. The molecule has 0 saturated carbocycles. The maximum absolute atomic E-state index is 13.0. The SMILES string of the molecule is CCC(CCO)NCc1cc(F)ccc1Cl. The van der Waals surface area contributed by atoms with E-state index in [2.05, 4.69) is 5.32 Å². The molecule has 0 spiro atoms. The Morgan fingerprint density at radius 1 is 1.50 bits per heavy atom. The highest BCUT2D eigenvalue weighted by atomic mass is 35.5. The van der Waals surface area contributed by atoms with Gasteiger partial charge in [0.1, 0.15) is 5.82 Å². The van der Waals surface area contributed by atoms with E-state index in [0.717, 1.165) is 12.0 Å². The summed E-state index contributed by atoms with van der Waals surface area (Å²) in [6.07, 6.45) is 1.62. The number of nitrogens with one attached hydrogen (secondary N) is 1. The summed E-state index contributed by atoms with van der Waals surface area (Å²) in [5.74, 6) is -0.281. The monoisotopic (exact) mass is 245 g/mol. The van der Waals surface area contributed by atoms with Crippen molar-refractivity contribution < 1.29 is 9.50 Å². The maximum Gasteiger partial charge on any atom is 0.123 e. The number of halogens is 2. The summed E-state index contributed by atoms with van der Waals surface area (Å²) in [4.78, 5) is 0. The Hall–Kier alpha value is -0.640. The molecular formula is C12H17ClFNO. The van der Waals surface area contributed by atoms with Crippen molar-refractivity contribution >= 4 is 11.6 Å². The third-order valence-corrected chi connectivity index (χ3v) is 2.93. The summed E-state index contributed by atoms with van der Waals surface area (Å²) in [5.41, 5.74) is 0.748. The summed E-state index contributed by atoms with van der Waals surface area (Å²) in [7, 11) is 0. The molecular weight excluding hydrogens is 229 g/mol. The highest BCUT2D eigenvalue weighted by Gasteiger charge is 2.07. The van der Waals surface area contributed by atoms with Gasteiger partial charge in [-0.05, 0) is 36.6 Å². The van der Waals surface area contributed by atoms with Gasteiger partial charge < -0.3 is 10.4 Å². The van der Waals surface area contributed by atoms with E-state index in [1.807, 2.05) is 6.92 Å². The molecule has 16 heavy (non-hydrogen) atoms. The highest BCUT2D eigenvalue weighted by Crippen LogP contribution is 2.17. The average molecular weight is 246 g/mol. The molecule has 0 heterocycles. The molecule has 2 nitrogen and oxygen atoms in total. The van der Waals surface area contributed by atoms with E-state index in [9.17, 15) is 4.39 Å². The van der Waals surface area contributed by atoms with E-state index in [-0.39, 0.29) is 18.5 Å². The molecule has 1 aromatic carbocycles. The summed E-state index contributed by atoms with van der Waals surface area (Å²) in [5, 5.41) is 12.6. The van der Waals surface area contributed by atoms with Crippen LogP contribution in [0, 0.1) is 5.82 Å². The van der Waals surface area contributed by atoms with E-state index in [4.69, 9.17) is 16.7 Å². The standard InChI is InChI=1S/C12H17ClFNO/c1-2-11(5-6-16)15-8-9-7-10(14)3-4-12(9)13/h3-4,7,11,15-16H,2,5-6,8H2,1H3. The van der Waals surface area contributed by atoms with E-state index in [1.54, 1.807) is 6.07 Å². The number of hydrogen-bond acceptors (Lipinski definition) is 2. The fourth-order valence-corrected chi connectivity index (χ4v) is 1.72. The smallest absolute Gasteiger partial charge is 0.123 e. The molecule has 0 radical (unpaired) electrons. The van der Waals surface area contributed by atoms with Crippen LogP contribution in [0.25, 0.3) is 0 Å². The van der Waals surface area contributed by atoms with Crippen molar-refractivity contribution in [2.45, 2.75) is 32.4 Å². The van der Waals surface area contributed by atoms with Gasteiger partial charge in [0.05, 0.1) is 0 Å². The molecule has 0 aliphatic rings. The van der Waals surface area contributed by atoms with Gasteiger partial charge in [-0.15, -0.1) is 0 Å². The molecule has 2 N–H and O–H groups in total. The van der Waals surface area contributed by atoms with Crippen molar-refractivity contribution in [1.82, 2.24) is 5.32 Å². The van der Waals surface area contributed by atoms with Crippen LogP contribution in [0.4, 0.5) is 4.39 Å². The molecule has 0 bridgehead atoms. The van der Waals surface area contributed by atoms with Crippen LogP contribution in [0.15, 0.2) is 18.2 Å². The molecule has 0 aliphatic heterocycles. The summed E-state index contributed by atoms with van der Waals surface area (Å²) < 4.78 is 13.0. The van der Waals surface area contributed by atoms with Crippen molar-refractivity contribution in [2.75, 3.05) is 6.61 Å². The van der Waals surface area contributed by atoms with Crippen LogP contribution in [0.2, 0.25) is 5.02 Å². The first kappa shape index (κ1) is 13.4. The Balaban J connectivity index is 2.55. The second-order valence-electron chi connectivity index (χ2n) is 3.73. The highest BCUT2D eigenvalue weighted by molar-refractivity contribution is 6.31. The average Bonchev–Trinajstić information content (AvgIpc) is 2.28. The maximum atomic E-state index is 13.0. The number of benzene rings is 1. The van der Waals surface area contributed by atoms with Crippen molar-refractivity contribution in [3.8, 4) is 0 Å². The van der Waals surface area contributed by atoms with Crippen LogP contribution < -0.4 is 5.32 Å². The van der Waals surface area contributed by atoms with Crippen LogP contribution in [-0.4, -0.2) is 17.8 Å². The second kappa shape index (κ2) is 6.84. The number of rotatable bonds is 6. The molecule has 0 aliphatic carbocycles. The number of hydrogen-bond donors (Lipinski definition) is 2. The van der Waals surface area contributed by atoms with Crippen molar-refractivity contribution in [2.24, 2.45) is 0 Å². The van der Waals surface area contributed by atoms with Gasteiger partial charge in [-0.1, -0.05) is 18.5 Å². The van der Waals surface area contributed by atoms with E-state index >= 15 is 0 Å². The van der Waals surface area contributed by atoms with Gasteiger partial charge in [0.15, 0.2) is 0 Å². The quantitative estimate of drug-likeness (QED) is 0.808. The number of aliphatic hydroxyl groups excluding tert-OH is 1. The first-order chi connectivity index (χ1) is 7.67. The first-order valence-electron chi connectivity index (χ1n) is 5.45. The van der Waals surface area contributed by atoms with Crippen LogP contribution in [0.5, 0.6) is 0 Å². The fraction of sp³-hybridized carbons (Fsp3) is 0.500. The van der Waals surface area contributed by atoms with Gasteiger partial charge >= 0.3 is 0 Å². The van der Waals surface area contributed by atoms with Crippen LogP contribution in [-0.2, 0) is 6.54 Å². The molecule has 1 rings (SSSR count). The molecule has 0 aromatic heterocycles. The zero-order valence-corrected chi connectivity index (χ0v) is 10.1. The third kappa shape index (κ3) is 4.08. The normalized spacial score (nSPS) is 12.8. The minimum atomic E-state index is -0.281. The van der Waals surface area contributed by atoms with E-state index < -0.39 is 0 Å². The third-order valence-electron chi connectivity index (χ3n) is 2.56. The largest absolute Gasteiger partial charge is 0.396 e. The predicted octanol–water partition coefficient (Wildman–Crippen LogP) is 2.73. The molecule has 1 atom stereocenters. The minimum absolute atomic E-state index is 0.155. The fourth-order valence-electron chi connectivity index (χ4n) is 1.54. The number of aliphatic hydroxyl groups is 1. The van der Waals surface area contributed by atoms with Gasteiger partial charge in [0.2, 0.25) is 0 Å². The Kier molecular flexibility index (Phi) is 5.74. The Bertz CT molecular complexity index is 333. The summed E-state index contributed by atoms with van der Waals surface area (Å²) in [6, 6.07) is 4.57. The molecule has 0 saturated heterocycles. The topological polar surface area (TPSA) is 32.3 Å². The van der Waals surface area contributed by atoms with Crippen molar-refractivity contribution in [3.05, 3.63) is 34.6 Å². The van der Waals surface area contributed by atoms with E-state index in [1.165, 1.54) is 12.1 Å². The zero-order valence-electron chi connectivity index (χ0n) is 9.34. The summed E-state index contributed by atoms with van der Waals surface area (Å²) in [6.45, 7) is 2.72. The minimum Gasteiger partial charge on any atom is -0.396 e. The first-order valence-corrected chi connectivity index (χ1v) is 5.83. The lowest BCUT2D eigenvalue weighted by molar-refractivity contribution is 0.262. The molecule has 4 heteroatoms. The van der Waals surface area contributed by atoms with Crippen LogP contribution >= 0.6 is 11.6 Å². The molecule has 1 aromatic rings. The molecule has 0 fully saturated rings. The molecule has 90 valence electrons. The zero-order chi connectivity index (χ0) is 12.0. The molecule has 1 unspecified atom stereocenters. The van der Waals surface area contributed by atoms with Crippen molar-refractivity contribution in [3.63, 3.8) is 0 Å².